The first-order valence-electron chi connectivity index (χ1n) is 11.8. The van der Waals surface area contributed by atoms with Crippen molar-refractivity contribution in [3.63, 3.8) is 0 Å². The van der Waals surface area contributed by atoms with E-state index in [2.05, 4.69) is 15.6 Å². The van der Waals surface area contributed by atoms with Crippen molar-refractivity contribution >= 4 is 39.9 Å². The van der Waals surface area contributed by atoms with E-state index >= 15 is 4.39 Å². The van der Waals surface area contributed by atoms with Gasteiger partial charge in [0.1, 0.15) is 17.9 Å². The minimum absolute atomic E-state index is 0.0250. The van der Waals surface area contributed by atoms with Gasteiger partial charge < -0.3 is 10.1 Å². The molecular formula is C26H26FN5O3S. The van der Waals surface area contributed by atoms with E-state index < -0.39 is 23.7 Å². The van der Waals surface area contributed by atoms with E-state index in [4.69, 9.17) is 4.74 Å². The number of hydrogen-bond donors (Lipinski definition) is 1. The zero-order valence-corrected chi connectivity index (χ0v) is 20.6. The quantitative estimate of drug-likeness (QED) is 0.389. The van der Waals surface area contributed by atoms with Crippen molar-refractivity contribution in [2.75, 3.05) is 18.1 Å². The first kappa shape index (κ1) is 24.1. The Morgan fingerprint density at radius 1 is 1.22 bits per heavy atom. The van der Waals surface area contributed by atoms with Crippen molar-refractivity contribution < 1.29 is 18.7 Å². The molecule has 5 rings (SSSR count). The van der Waals surface area contributed by atoms with Crippen LogP contribution >= 0.6 is 11.3 Å². The highest BCUT2D eigenvalue weighted by Gasteiger charge is 2.36. The second-order valence-corrected chi connectivity index (χ2v) is 9.65. The van der Waals surface area contributed by atoms with Crippen LogP contribution in [-0.2, 0) is 20.9 Å². The molecule has 2 atom stereocenters. The topological polar surface area (TPSA) is 89.4 Å². The van der Waals surface area contributed by atoms with Gasteiger partial charge in [-0.3, -0.25) is 14.5 Å². The minimum Gasteiger partial charge on any atom is -0.376 e. The van der Waals surface area contributed by atoms with Crippen LogP contribution in [0.1, 0.15) is 29.3 Å². The number of aryl methyl sites for hydroxylation is 1. The molecule has 2 amide bonds. The minimum atomic E-state index is -1.06. The van der Waals surface area contributed by atoms with E-state index in [0.717, 1.165) is 18.4 Å². The molecule has 2 aromatic carbocycles. The molecule has 1 saturated heterocycles. The molecule has 0 bridgehead atoms. The lowest BCUT2D eigenvalue weighted by molar-refractivity contribution is -0.127. The zero-order valence-electron chi connectivity index (χ0n) is 19.8. The van der Waals surface area contributed by atoms with Gasteiger partial charge in [-0.2, -0.15) is 0 Å². The van der Waals surface area contributed by atoms with Crippen LogP contribution in [-0.4, -0.2) is 46.1 Å². The number of ether oxygens (including phenoxy) is 1. The van der Waals surface area contributed by atoms with Crippen LogP contribution in [0.25, 0.3) is 11.0 Å². The Bertz CT molecular complexity index is 1380. The molecule has 3 heterocycles. The Hall–Kier alpha value is -3.63. The number of nitrogens with zero attached hydrogens (tertiary/aromatic N) is 4. The summed E-state index contributed by atoms with van der Waals surface area (Å²) in [6, 6.07) is 14.1. The van der Waals surface area contributed by atoms with Gasteiger partial charge in [0.05, 0.1) is 17.3 Å². The second-order valence-electron chi connectivity index (χ2n) is 8.70. The van der Waals surface area contributed by atoms with Crippen molar-refractivity contribution in [3.05, 3.63) is 76.2 Å². The largest absolute Gasteiger partial charge is 0.376 e. The van der Waals surface area contributed by atoms with Gasteiger partial charge in [-0.05, 0) is 61.0 Å². The van der Waals surface area contributed by atoms with E-state index in [1.807, 2.05) is 36.6 Å². The number of halogens is 1. The molecule has 4 aromatic rings. The summed E-state index contributed by atoms with van der Waals surface area (Å²) in [4.78, 5) is 29.5. The SMILES string of the molecule is Cc1ccsc1C(C(=O)NCC1CCCO1)N(C(=O)Cn1nnc2ccccc21)c1ccccc1F. The van der Waals surface area contributed by atoms with Crippen LogP contribution in [0.15, 0.2) is 60.0 Å². The molecule has 36 heavy (non-hydrogen) atoms. The number of aromatic nitrogens is 3. The Labute approximate surface area is 211 Å². The van der Waals surface area contributed by atoms with E-state index in [1.54, 1.807) is 18.2 Å². The summed E-state index contributed by atoms with van der Waals surface area (Å²) in [6.45, 7) is 2.66. The molecule has 1 aliphatic heterocycles. The van der Waals surface area contributed by atoms with Gasteiger partial charge in [0.2, 0.25) is 11.8 Å². The van der Waals surface area contributed by atoms with Crippen LogP contribution in [0, 0.1) is 12.7 Å². The van der Waals surface area contributed by atoms with Gasteiger partial charge in [-0.15, -0.1) is 16.4 Å². The summed E-state index contributed by atoms with van der Waals surface area (Å²) in [5.74, 6) is -1.47. The van der Waals surface area contributed by atoms with E-state index in [-0.39, 0.29) is 18.3 Å². The normalized spacial score (nSPS) is 16.2. The van der Waals surface area contributed by atoms with Gasteiger partial charge in [-0.25, -0.2) is 9.07 Å². The summed E-state index contributed by atoms with van der Waals surface area (Å²) < 4.78 is 22.3. The molecule has 1 fully saturated rings. The van der Waals surface area contributed by atoms with E-state index in [9.17, 15) is 9.59 Å². The van der Waals surface area contributed by atoms with Gasteiger partial charge >= 0.3 is 0 Å². The number of thiophene rings is 1. The Kier molecular flexibility index (Phi) is 7.06. The molecule has 2 aromatic heterocycles. The summed E-state index contributed by atoms with van der Waals surface area (Å²) in [6.07, 6.45) is 1.73. The number of carbonyl (C=O) groups excluding carboxylic acids is 2. The molecule has 1 N–H and O–H groups in total. The highest BCUT2D eigenvalue weighted by atomic mass is 32.1. The predicted molar refractivity (Wildman–Crippen MR) is 135 cm³/mol. The van der Waals surface area contributed by atoms with Crippen LogP contribution < -0.4 is 10.2 Å². The number of hydrogen-bond acceptors (Lipinski definition) is 6. The third kappa shape index (κ3) is 4.87. The fraction of sp³-hybridized carbons (Fsp3) is 0.308. The highest BCUT2D eigenvalue weighted by molar-refractivity contribution is 7.10. The van der Waals surface area contributed by atoms with Crippen LogP contribution in [0.5, 0.6) is 0 Å². The van der Waals surface area contributed by atoms with E-state index in [1.165, 1.54) is 33.1 Å². The van der Waals surface area contributed by atoms with Crippen molar-refractivity contribution in [1.82, 2.24) is 20.3 Å². The number of nitrogens with one attached hydrogen (secondary N) is 1. The number of rotatable bonds is 8. The Balaban J connectivity index is 1.54. The van der Waals surface area contributed by atoms with Crippen molar-refractivity contribution in [2.24, 2.45) is 0 Å². The molecular weight excluding hydrogens is 481 g/mol. The Morgan fingerprint density at radius 3 is 2.78 bits per heavy atom. The third-order valence-electron chi connectivity index (χ3n) is 6.27. The van der Waals surface area contributed by atoms with Gasteiger partial charge in [0.25, 0.3) is 0 Å². The van der Waals surface area contributed by atoms with Crippen molar-refractivity contribution in [1.29, 1.82) is 0 Å². The number of para-hydroxylation sites is 2. The van der Waals surface area contributed by atoms with E-state index in [0.29, 0.717) is 29.1 Å². The second kappa shape index (κ2) is 10.5. The van der Waals surface area contributed by atoms with Crippen molar-refractivity contribution in [3.8, 4) is 0 Å². The Morgan fingerprint density at radius 2 is 2.03 bits per heavy atom. The number of anilines is 1. The fourth-order valence-electron chi connectivity index (χ4n) is 4.44. The fourth-order valence-corrected chi connectivity index (χ4v) is 5.45. The molecule has 1 aliphatic rings. The lowest BCUT2D eigenvalue weighted by Crippen LogP contribution is -2.47. The maximum Gasteiger partial charge on any atom is 0.249 e. The van der Waals surface area contributed by atoms with Gasteiger partial charge in [0.15, 0.2) is 6.04 Å². The van der Waals surface area contributed by atoms with Crippen molar-refractivity contribution in [2.45, 2.75) is 38.5 Å². The number of benzene rings is 2. The number of carbonyl (C=O) groups is 2. The standard InChI is InChI=1S/C26H26FN5O3S/c1-17-12-14-36-25(17)24(26(34)28-15-18-7-6-13-35-18)32(21-10-4-2-8-19(21)27)23(33)16-31-22-11-5-3-9-20(22)29-30-31/h2-5,8-12,14,18,24H,6-7,13,15-16H2,1H3,(H,28,34). The smallest absolute Gasteiger partial charge is 0.249 e. The molecule has 0 aliphatic carbocycles. The van der Waals surface area contributed by atoms with Gasteiger partial charge in [-0.1, -0.05) is 29.5 Å². The average Bonchev–Trinajstić information content (AvgIpc) is 3.64. The summed E-state index contributed by atoms with van der Waals surface area (Å²) >= 11 is 1.36. The molecule has 186 valence electrons. The highest BCUT2D eigenvalue weighted by Crippen LogP contribution is 2.35. The monoisotopic (exact) mass is 507 g/mol. The molecule has 0 radical (unpaired) electrons. The average molecular weight is 508 g/mol. The maximum atomic E-state index is 15.2. The van der Waals surface area contributed by atoms with Crippen LogP contribution in [0.2, 0.25) is 0 Å². The molecule has 8 nitrogen and oxygen atoms in total. The third-order valence-corrected chi connectivity index (χ3v) is 7.34. The summed E-state index contributed by atoms with van der Waals surface area (Å²) in [7, 11) is 0. The summed E-state index contributed by atoms with van der Waals surface area (Å²) in [5, 5.41) is 13.0. The predicted octanol–water partition coefficient (Wildman–Crippen LogP) is 4.01. The molecule has 0 spiro atoms. The molecule has 0 saturated carbocycles. The van der Waals surface area contributed by atoms with Crippen LogP contribution in [0.3, 0.4) is 0 Å². The maximum absolute atomic E-state index is 15.2. The first-order valence-corrected chi connectivity index (χ1v) is 12.7. The lowest BCUT2D eigenvalue weighted by atomic mass is 10.1. The lowest BCUT2D eigenvalue weighted by Gasteiger charge is -2.31. The summed E-state index contributed by atoms with van der Waals surface area (Å²) in [5.41, 5.74) is 2.18. The molecule has 10 heteroatoms. The number of fused-ring (bicyclic) bond motifs is 1. The molecule has 2 unspecified atom stereocenters. The zero-order chi connectivity index (χ0) is 25.1. The number of amides is 2. The first-order chi connectivity index (χ1) is 17.5. The van der Waals surface area contributed by atoms with Crippen LogP contribution in [0.4, 0.5) is 10.1 Å². The van der Waals surface area contributed by atoms with Gasteiger partial charge in [0, 0.05) is 18.0 Å².